The van der Waals surface area contributed by atoms with Crippen molar-refractivity contribution >= 4 is 5.97 Å². The summed E-state index contributed by atoms with van der Waals surface area (Å²) in [6, 6.07) is 2.90. The number of halogens is 1. The summed E-state index contributed by atoms with van der Waals surface area (Å²) < 4.78 is 13.3. The fraction of sp³-hybridized carbons (Fsp3) is 0.400. The fourth-order valence-electron chi connectivity index (χ4n) is 2.00. The van der Waals surface area contributed by atoms with E-state index >= 15 is 0 Å². The Kier molecular flexibility index (Phi) is 2.19. The molecule has 0 aliphatic heterocycles. The summed E-state index contributed by atoms with van der Waals surface area (Å²) in [5.74, 6) is -1.88. The van der Waals surface area contributed by atoms with E-state index in [1.165, 1.54) is 18.3 Å². The van der Waals surface area contributed by atoms with Gasteiger partial charge in [0.2, 0.25) is 5.95 Å². The van der Waals surface area contributed by atoms with Crippen LogP contribution in [0.5, 0.6) is 0 Å². The summed E-state index contributed by atoms with van der Waals surface area (Å²) in [6.07, 6.45) is 0.694. The highest BCUT2D eigenvalue weighted by molar-refractivity contribution is 5.83. The number of carboxylic acid groups (broad SMARTS) is 1. The second-order valence-electron chi connectivity index (χ2n) is 3.79. The van der Waals surface area contributed by atoms with E-state index < -0.39 is 23.4 Å². The SMILES string of the molecule is O=C(O)C1(c2cccnc2F)CC(O)C1. The molecule has 0 unspecified atom stereocenters. The number of rotatable bonds is 2. The van der Waals surface area contributed by atoms with Gasteiger partial charge in [0.15, 0.2) is 0 Å². The second-order valence-corrected chi connectivity index (χ2v) is 3.79. The van der Waals surface area contributed by atoms with Crippen LogP contribution in [0.4, 0.5) is 4.39 Å². The van der Waals surface area contributed by atoms with Crippen LogP contribution in [0.3, 0.4) is 0 Å². The molecule has 0 aromatic carbocycles. The topological polar surface area (TPSA) is 70.4 Å². The van der Waals surface area contributed by atoms with E-state index in [0.717, 1.165) is 0 Å². The Morgan fingerprint density at radius 2 is 2.27 bits per heavy atom. The molecule has 1 saturated carbocycles. The Balaban J connectivity index is 2.43. The molecule has 0 radical (unpaired) electrons. The standard InChI is InChI=1S/C10H10FNO3/c11-8-7(2-1-3-12-8)10(9(14)15)4-6(13)5-10/h1-3,6,13H,4-5H2,(H,14,15). The molecular weight excluding hydrogens is 201 g/mol. The van der Waals surface area contributed by atoms with Crippen LogP contribution in [0.1, 0.15) is 18.4 Å². The van der Waals surface area contributed by atoms with Crippen LogP contribution in [-0.4, -0.2) is 27.3 Å². The highest BCUT2D eigenvalue weighted by Gasteiger charge is 2.52. The molecule has 4 nitrogen and oxygen atoms in total. The van der Waals surface area contributed by atoms with Crippen LogP contribution < -0.4 is 0 Å². The number of aromatic nitrogens is 1. The fourth-order valence-corrected chi connectivity index (χ4v) is 2.00. The molecule has 5 heteroatoms. The first-order valence-electron chi connectivity index (χ1n) is 4.59. The van der Waals surface area contributed by atoms with E-state index in [4.69, 9.17) is 5.11 Å². The van der Waals surface area contributed by atoms with Crippen LogP contribution in [0.15, 0.2) is 18.3 Å². The van der Waals surface area contributed by atoms with Gasteiger partial charge in [0.25, 0.3) is 0 Å². The number of carboxylic acids is 1. The Bertz CT molecular complexity index is 401. The van der Waals surface area contributed by atoms with Gasteiger partial charge in [0.1, 0.15) is 5.41 Å². The third kappa shape index (κ3) is 1.39. The van der Waals surface area contributed by atoms with Crippen LogP contribution in [-0.2, 0) is 10.2 Å². The van der Waals surface area contributed by atoms with Gasteiger partial charge in [-0.3, -0.25) is 4.79 Å². The van der Waals surface area contributed by atoms with E-state index in [-0.39, 0.29) is 18.4 Å². The van der Waals surface area contributed by atoms with Crippen molar-refractivity contribution in [3.05, 3.63) is 29.8 Å². The maximum Gasteiger partial charge on any atom is 0.314 e. The van der Waals surface area contributed by atoms with Crippen molar-refractivity contribution in [1.82, 2.24) is 4.98 Å². The van der Waals surface area contributed by atoms with Crippen molar-refractivity contribution in [2.45, 2.75) is 24.4 Å². The summed E-state index contributed by atoms with van der Waals surface area (Å²) in [4.78, 5) is 14.5. The number of nitrogens with zero attached hydrogens (tertiary/aromatic N) is 1. The van der Waals surface area contributed by atoms with Gasteiger partial charge in [-0.15, -0.1) is 0 Å². The second kappa shape index (κ2) is 3.27. The molecule has 1 aliphatic carbocycles. The molecule has 1 heterocycles. The van der Waals surface area contributed by atoms with Crippen LogP contribution in [0.2, 0.25) is 0 Å². The van der Waals surface area contributed by atoms with Gasteiger partial charge in [0.05, 0.1) is 6.10 Å². The average Bonchev–Trinajstić information content (AvgIpc) is 2.13. The molecule has 1 aromatic heterocycles. The minimum atomic E-state index is -1.29. The zero-order chi connectivity index (χ0) is 11.1. The molecule has 15 heavy (non-hydrogen) atoms. The third-order valence-electron chi connectivity index (χ3n) is 2.85. The lowest BCUT2D eigenvalue weighted by Crippen LogP contribution is -2.51. The molecule has 0 bridgehead atoms. The van der Waals surface area contributed by atoms with E-state index in [1.54, 1.807) is 0 Å². The van der Waals surface area contributed by atoms with Crippen molar-refractivity contribution < 1.29 is 19.4 Å². The highest BCUT2D eigenvalue weighted by atomic mass is 19.1. The molecule has 0 atom stereocenters. The molecule has 2 rings (SSSR count). The minimum Gasteiger partial charge on any atom is -0.481 e. The Hall–Kier alpha value is -1.49. The van der Waals surface area contributed by atoms with E-state index in [9.17, 15) is 14.3 Å². The average molecular weight is 211 g/mol. The lowest BCUT2D eigenvalue weighted by atomic mass is 9.63. The molecular formula is C10H10FNO3. The maximum absolute atomic E-state index is 13.3. The largest absolute Gasteiger partial charge is 0.481 e. The van der Waals surface area contributed by atoms with Crippen molar-refractivity contribution in [2.24, 2.45) is 0 Å². The number of pyridine rings is 1. The van der Waals surface area contributed by atoms with Gasteiger partial charge in [-0.1, -0.05) is 6.07 Å². The maximum atomic E-state index is 13.3. The Morgan fingerprint density at radius 3 is 2.73 bits per heavy atom. The minimum absolute atomic E-state index is 0.0466. The van der Waals surface area contributed by atoms with Gasteiger partial charge < -0.3 is 10.2 Å². The van der Waals surface area contributed by atoms with Crippen molar-refractivity contribution in [1.29, 1.82) is 0 Å². The zero-order valence-electron chi connectivity index (χ0n) is 7.85. The summed E-state index contributed by atoms with van der Waals surface area (Å²) in [5.41, 5.74) is -1.24. The first kappa shape index (κ1) is 10.0. The molecule has 0 spiro atoms. The molecule has 1 aromatic rings. The smallest absolute Gasteiger partial charge is 0.314 e. The monoisotopic (exact) mass is 211 g/mol. The van der Waals surface area contributed by atoms with Gasteiger partial charge in [-0.25, -0.2) is 4.98 Å². The van der Waals surface area contributed by atoms with Gasteiger partial charge in [-0.2, -0.15) is 4.39 Å². The molecule has 0 amide bonds. The van der Waals surface area contributed by atoms with Gasteiger partial charge in [-0.05, 0) is 18.9 Å². The molecule has 1 fully saturated rings. The predicted octanol–water partition coefficient (Wildman–Crippen LogP) is 0.698. The van der Waals surface area contributed by atoms with Crippen LogP contribution in [0.25, 0.3) is 0 Å². The summed E-state index contributed by atoms with van der Waals surface area (Å²) in [6.45, 7) is 0. The normalized spacial score (nSPS) is 29.6. The third-order valence-corrected chi connectivity index (χ3v) is 2.85. The van der Waals surface area contributed by atoms with Crippen molar-refractivity contribution in [3.8, 4) is 0 Å². The quantitative estimate of drug-likeness (QED) is 0.706. The first-order valence-corrected chi connectivity index (χ1v) is 4.59. The zero-order valence-corrected chi connectivity index (χ0v) is 7.85. The number of aliphatic carboxylic acids is 1. The first-order chi connectivity index (χ1) is 7.06. The van der Waals surface area contributed by atoms with Crippen molar-refractivity contribution in [2.75, 3.05) is 0 Å². The Labute approximate surface area is 85.4 Å². The number of hydrogen-bond acceptors (Lipinski definition) is 3. The van der Waals surface area contributed by atoms with Crippen LogP contribution in [0, 0.1) is 5.95 Å². The number of carbonyl (C=O) groups is 1. The molecule has 2 N–H and O–H groups in total. The van der Waals surface area contributed by atoms with Gasteiger partial charge >= 0.3 is 5.97 Å². The molecule has 80 valence electrons. The van der Waals surface area contributed by atoms with E-state index in [1.807, 2.05) is 0 Å². The number of hydrogen-bond donors (Lipinski definition) is 2. The lowest BCUT2D eigenvalue weighted by Gasteiger charge is -2.41. The number of aliphatic hydroxyl groups excluding tert-OH is 1. The van der Waals surface area contributed by atoms with Crippen LogP contribution >= 0.6 is 0 Å². The van der Waals surface area contributed by atoms with E-state index in [2.05, 4.69) is 4.98 Å². The molecule has 0 saturated heterocycles. The van der Waals surface area contributed by atoms with Crippen molar-refractivity contribution in [3.63, 3.8) is 0 Å². The summed E-state index contributed by atoms with van der Waals surface area (Å²) in [7, 11) is 0. The Morgan fingerprint density at radius 1 is 1.60 bits per heavy atom. The lowest BCUT2D eigenvalue weighted by molar-refractivity contribution is -0.153. The number of aliphatic hydroxyl groups is 1. The summed E-state index contributed by atoms with van der Waals surface area (Å²) >= 11 is 0. The van der Waals surface area contributed by atoms with E-state index in [0.29, 0.717) is 0 Å². The summed E-state index contributed by atoms with van der Waals surface area (Å²) in [5, 5.41) is 18.3. The van der Waals surface area contributed by atoms with Gasteiger partial charge in [0, 0.05) is 11.8 Å². The predicted molar refractivity (Wildman–Crippen MR) is 48.7 cm³/mol. The highest BCUT2D eigenvalue weighted by Crippen LogP contribution is 2.44. The molecule has 1 aliphatic rings.